The fraction of sp³-hybridized carbons (Fsp3) is 0.632. The molecule has 0 radical (unpaired) electrons. The van der Waals surface area contributed by atoms with Crippen molar-refractivity contribution in [3.8, 4) is 11.5 Å². The number of rotatable bonds is 8. The number of halogens is 1. The number of aliphatic carboxylic acids is 1. The molecule has 140 valence electrons. The average molecular weight is 370 g/mol. The number of carboxylic acids is 1. The van der Waals surface area contributed by atoms with Gasteiger partial charge in [-0.05, 0) is 49.4 Å². The molecule has 0 unspecified atom stereocenters. The molecule has 1 heterocycles. The lowest BCUT2D eigenvalue weighted by atomic mass is 9.81. The van der Waals surface area contributed by atoms with Crippen LogP contribution < -0.4 is 9.47 Å². The Morgan fingerprint density at radius 3 is 2.44 bits per heavy atom. The predicted molar refractivity (Wildman–Crippen MR) is 98.8 cm³/mol. The number of ether oxygens (including phenoxy) is 2. The highest BCUT2D eigenvalue weighted by Crippen LogP contribution is 2.48. The molecule has 0 aromatic heterocycles. The summed E-state index contributed by atoms with van der Waals surface area (Å²) in [4.78, 5) is 13.9. The van der Waals surface area contributed by atoms with E-state index in [0.29, 0.717) is 19.1 Å². The van der Waals surface area contributed by atoms with E-state index < -0.39 is 11.4 Å². The van der Waals surface area contributed by atoms with Gasteiger partial charge in [-0.2, -0.15) is 0 Å². The average Bonchev–Trinajstić information content (AvgIpc) is 3.12. The molecule has 0 spiro atoms. The summed E-state index contributed by atoms with van der Waals surface area (Å²) in [7, 11) is 0. The Morgan fingerprint density at radius 2 is 1.88 bits per heavy atom. The van der Waals surface area contributed by atoms with E-state index in [2.05, 4.69) is 11.8 Å². The van der Waals surface area contributed by atoms with Gasteiger partial charge in [-0.3, -0.25) is 9.69 Å². The van der Waals surface area contributed by atoms with Crippen LogP contribution in [-0.2, 0) is 4.79 Å². The van der Waals surface area contributed by atoms with E-state index in [4.69, 9.17) is 9.47 Å². The fourth-order valence-corrected chi connectivity index (χ4v) is 4.06. The second kappa shape index (κ2) is 8.77. The molecule has 0 bridgehead atoms. The molecule has 25 heavy (non-hydrogen) atoms. The van der Waals surface area contributed by atoms with Crippen LogP contribution in [0.15, 0.2) is 24.3 Å². The molecule has 1 saturated carbocycles. The lowest BCUT2D eigenvalue weighted by Gasteiger charge is -2.23. The summed E-state index contributed by atoms with van der Waals surface area (Å²) >= 11 is 0. The zero-order chi connectivity index (χ0) is 17.0. The van der Waals surface area contributed by atoms with Gasteiger partial charge in [-0.15, -0.1) is 12.4 Å². The summed E-state index contributed by atoms with van der Waals surface area (Å²) in [5, 5.41) is 9.61. The summed E-state index contributed by atoms with van der Waals surface area (Å²) in [5.41, 5.74) is -0.502. The molecular weight excluding hydrogens is 342 g/mol. The highest BCUT2D eigenvalue weighted by atomic mass is 35.5. The Morgan fingerprint density at radius 1 is 1.24 bits per heavy atom. The molecule has 3 rings (SSSR count). The molecule has 6 heteroatoms. The molecule has 1 aliphatic heterocycles. The van der Waals surface area contributed by atoms with Crippen LogP contribution in [0.5, 0.6) is 11.5 Å². The van der Waals surface area contributed by atoms with Gasteiger partial charge >= 0.3 is 5.97 Å². The van der Waals surface area contributed by atoms with Gasteiger partial charge in [-0.25, -0.2) is 0 Å². The molecule has 2 fully saturated rings. The van der Waals surface area contributed by atoms with Crippen LogP contribution in [0.3, 0.4) is 0 Å². The summed E-state index contributed by atoms with van der Waals surface area (Å²) in [5.74, 6) is 1.38. The van der Waals surface area contributed by atoms with Gasteiger partial charge < -0.3 is 14.6 Å². The van der Waals surface area contributed by atoms with Crippen LogP contribution in [0, 0.1) is 11.3 Å². The number of carbonyl (C=O) groups is 1. The van der Waals surface area contributed by atoms with Gasteiger partial charge in [0.15, 0.2) is 0 Å². The number of hydrogen-bond donors (Lipinski definition) is 1. The first kappa shape index (κ1) is 19.9. The Balaban J connectivity index is 0.00000225. The maximum atomic E-state index is 11.7. The highest BCUT2D eigenvalue weighted by molar-refractivity contribution is 5.85. The lowest BCUT2D eigenvalue weighted by molar-refractivity contribution is -0.149. The van der Waals surface area contributed by atoms with Crippen LogP contribution in [0.4, 0.5) is 0 Å². The van der Waals surface area contributed by atoms with E-state index in [1.54, 1.807) is 0 Å². The van der Waals surface area contributed by atoms with Gasteiger partial charge in [0.05, 0.1) is 12.0 Å². The smallest absolute Gasteiger partial charge is 0.311 e. The van der Waals surface area contributed by atoms with Crippen molar-refractivity contribution in [1.29, 1.82) is 0 Å². The molecule has 1 aromatic carbocycles. The standard InChI is InChI=1S/C19H27NO4.ClH/c1-2-11-23-16-5-7-17(8-6-16)24-12-10-20-13-15-4-3-9-19(15,14-20)18(21)22;/h5-8,15H,2-4,9-14H2,1H3,(H,21,22);1H/t15-,19+;/m0./s1. The van der Waals surface area contributed by atoms with Crippen molar-refractivity contribution in [2.75, 3.05) is 32.8 Å². The predicted octanol–water partition coefficient (Wildman–Crippen LogP) is 3.46. The quantitative estimate of drug-likeness (QED) is 0.760. The Bertz CT molecular complexity index is 565. The van der Waals surface area contributed by atoms with Crippen LogP contribution >= 0.6 is 12.4 Å². The number of nitrogens with zero attached hydrogens (tertiary/aromatic N) is 1. The van der Waals surface area contributed by atoms with Crippen molar-refractivity contribution in [3.63, 3.8) is 0 Å². The second-order valence-electron chi connectivity index (χ2n) is 6.95. The molecule has 1 aliphatic carbocycles. The van der Waals surface area contributed by atoms with Crippen molar-refractivity contribution in [3.05, 3.63) is 24.3 Å². The second-order valence-corrected chi connectivity index (χ2v) is 6.95. The van der Waals surface area contributed by atoms with Gasteiger partial charge in [-0.1, -0.05) is 13.3 Å². The summed E-state index contributed by atoms with van der Waals surface area (Å²) in [6.45, 7) is 5.72. The summed E-state index contributed by atoms with van der Waals surface area (Å²) in [6, 6.07) is 7.68. The van der Waals surface area contributed by atoms with Crippen molar-refractivity contribution in [2.45, 2.75) is 32.6 Å². The van der Waals surface area contributed by atoms with Gasteiger partial charge in [0, 0.05) is 19.6 Å². The first-order chi connectivity index (χ1) is 11.6. The lowest BCUT2D eigenvalue weighted by Crippen LogP contribution is -2.36. The molecule has 0 amide bonds. The highest BCUT2D eigenvalue weighted by Gasteiger charge is 2.54. The van der Waals surface area contributed by atoms with E-state index in [1.807, 2.05) is 24.3 Å². The van der Waals surface area contributed by atoms with Gasteiger partial charge in [0.1, 0.15) is 18.1 Å². The number of carboxylic acid groups (broad SMARTS) is 1. The van der Waals surface area contributed by atoms with Crippen LogP contribution in [0.25, 0.3) is 0 Å². The third-order valence-electron chi connectivity index (χ3n) is 5.34. The van der Waals surface area contributed by atoms with E-state index in [-0.39, 0.29) is 12.4 Å². The van der Waals surface area contributed by atoms with Crippen LogP contribution in [0.1, 0.15) is 32.6 Å². The molecule has 1 saturated heterocycles. The number of hydrogen-bond acceptors (Lipinski definition) is 4. The largest absolute Gasteiger partial charge is 0.494 e. The maximum absolute atomic E-state index is 11.7. The maximum Gasteiger partial charge on any atom is 0.311 e. The molecule has 5 nitrogen and oxygen atoms in total. The zero-order valence-corrected chi connectivity index (χ0v) is 15.6. The Hall–Kier alpha value is -1.46. The minimum atomic E-state index is -0.615. The van der Waals surface area contributed by atoms with Crippen molar-refractivity contribution in [1.82, 2.24) is 4.90 Å². The monoisotopic (exact) mass is 369 g/mol. The molecular formula is C19H28ClNO4. The molecule has 1 aromatic rings. The van der Waals surface area contributed by atoms with Crippen molar-refractivity contribution < 1.29 is 19.4 Å². The third-order valence-corrected chi connectivity index (χ3v) is 5.34. The molecule has 1 N–H and O–H groups in total. The topological polar surface area (TPSA) is 59.0 Å². The Kier molecular flexibility index (Phi) is 6.96. The van der Waals surface area contributed by atoms with Crippen LogP contribution in [-0.4, -0.2) is 48.8 Å². The minimum Gasteiger partial charge on any atom is -0.494 e. The van der Waals surface area contributed by atoms with Crippen LogP contribution in [0.2, 0.25) is 0 Å². The minimum absolute atomic E-state index is 0. The first-order valence-electron chi connectivity index (χ1n) is 8.95. The molecule has 2 atom stereocenters. The summed E-state index contributed by atoms with van der Waals surface area (Å²) in [6.07, 6.45) is 3.91. The SMILES string of the molecule is CCCOc1ccc(OCCN2C[C@@H]3CCC[C@@]3(C(=O)O)C2)cc1.Cl. The van der Waals surface area contributed by atoms with E-state index in [1.165, 1.54) is 0 Å². The van der Waals surface area contributed by atoms with E-state index in [0.717, 1.165) is 56.9 Å². The fourth-order valence-electron chi connectivity index (χ4n) is 4.06. The third kappa shape index (κ3) is 4.39. The first-order valence-corrected chi connectivity index (χ1v) is 8.95. The number of likely N-dealkylation sites (tertiary alicyclic amines) is 1. The Labute approximate surface area is 155 Å². The van der Waals surface area contributed by atoms with Crippen molar-refractivity contribution >= 4 is 18.4 Å². The van der Waals surface area contributed by atoms with Gasteiger partial charge in [0.25, 0.3) is 0 Å². The normalized spacial score (nSPS) is 25.2. The number of fused-ring (bicyclic) bond motifs is 1. The van der Waals surface area contributed by atoms with Crippen molar-refractivity contribution in [2.24, 2.45) is 11.3 Å². The zero-order valence-electron chi connectivity index (χ0n) is 14.8. The van der Waals surface area contributed by atoms with Gasteiger partial charge in [0.2, 0.25) is 0 Å². The van der Waals surface area contributed by atoms with E-state index in [9.17, 15) is 9.90 Å². The molecule has 2 aliphatic rings. The summed E-state index contributed by atoms with van der Waals surface area (Å²) < 4.78 is 11.4. The number of benzene rings is 1. The van der Waals surface area contributed by atoms with E-state index >= 15 is 0 Å².